The molecule has 5 nitrogen and oxygen atoms in total. The van der Waals surface area contributed by atoms with Crippen LogP contribution in [0.15, 0.2) is 58.2 Å². The summed E-state index contributed by atoms with van der Waals surface area (Å²) in [4.78, 5) is 16.1. The number of Topliss-reactive ketones (excluding diaryl/α,β-unsaturated/α-hetero) is 1. The van der Waals surface area contributed by atoms with Crippen molar-refractivity contribution < 1.29 is 13.2 Å². The van der Waals surface area contributed by atoms with E-state index < -0.39 is 10.0 Å². The number of benzene rings is 1. The Balaban J connectivity index is 2.36. The highest BCUT2D eigenvalue weighted by Gasteiger charge is 2.23. The molecule has 1 aromatic carbocycles. The Hall–Kier alpha value is -1.99. The third-order valence-corrected chi connectivity index (χ3v) is 5.37. The predicted octanol–water partition coefficient (Wildman–Crippen LogP) is 3.24. The average Bonchev–Trinajstić information content (AvgIpc) is 2.87. The van der Waals surface area contributed by atoms with Gasteiger partial charge in [0.1, 0.15) is 4.60 Å². The summed E-state index contributed by atoms with van der Waals surface area (Å²) in [6.45, 7) is 1.40. The molecule has 0 saturated heterocycles. The second kappa shape index (κ2) is 5.33. The van der Waals surface area contributed by atoms with E-state index in [1.54, 1.807) is 30.3 Å². The molecular weight excluding hydrogens is 368 g/mol. The van der Waals surface area contributed by atoms with Crippen LogP contribution < -0.4 is 0 Å². The first kappa shape index (κ1) is 14.9. The van der Waals surface area contributed by atoms with Gasteiger partial charge in [0.2, 0.25) is 0 Å². The molecule has 0 radical (unpaired) electrons. The fourth-order valence-electron chi connectivity index (χ4n) is 2.22. The van der Waals surface area contributed by atoms with E-state index in [2.05, 4.69) is 20.9 Å². The van der Waals surface area contributed by atoms with E-state index in [-0.39, 0.29) is 16.3 Å². The van der Waals surface area contributed by atoms with Crippen molar-refractivity contribution >= 4 is 42.8 Å². The number of hydrogen-bond donors (Lipinski definition) is 0. The Morgan fingerprint density at radius 3 is 2.45 bits per heavy atom. The monoisotopic (exact) mass is 378 g/mol. The van der Waals surface area contributed by atoms with Crippen molar-refractivity contribution in [1.29, 1.82) is 0 Å². The van der Waals surface area contributed by atoms with Crippen LogP contribution >= 0.6 is 15.9 Å². The van der Waals surface area contributed by atoms with Gasteiger partial charge < -0.3 is 0 Å². The van der Waals surface area contributed by atoms with Gasteiger partial charge in [-0.2, -0.15) is 0 Å². The maximum absolute atomic E-state index is 12.8. The van der Waals surface area contributed by atoms with Gasteiger partial charge in [0.25, 0.3) is 10.0 Å². The van der Waals surface area contributed by atoms with Crippen molar-refractivity contribution in [2.24, 2.45) is 0 Å². The van der Waals surface area contributed by atoms with E-state index in [1.807, 2.05) is 0 Å². The molecule has 2 heterocycles. The summed E-state index contributed by atoms with van der Waals surface area (Å²) in [6, 6.07) is 11.4. The van der Waals surface area contributed by atoms with Gasteiger partial charge in [0, 0.05) is 17.1 Å². The topological polar surface area (TPSA) is 69.0 Å². The minimum atomic E-state index is -3.81. The lowest BCUT2D eigenvalue weighted by Crippen LogP contribution is -2.12. The highest BCUT2D eigenvalue weighted by molar-refractivity contribution is 9.10. The maximum atomic E-state index is 12.8. The number of aromatic nitrogens is 2. The number of ketones is 1. The lowest BCUT2D eigenvalue weighted by Gasteiger charge is -2.06. The van der Waals surface area contributed by atoms with Crippen LogP contribution in [0.1, 0.15) is 17.3 Å². The predicted molar refractivity (Wildman–Crippen MR) is 86.5 cm³/mol. The summed E-state index contributed by atoms with van der Waals surface area (Å²) >= 11 is 3.23. The smallest absolute Gasteiger partial charge is 0.269 e. The fourth-order valence-corrected chi connectivity index (χ4v) is 3.86. The molecule has 0 spiro atoms. The van der Waals surface area contributed by atoms with E-state index >= 15 is 0 Å². The SMILES string of the molecule is CC(=O)c1cn(S(=O)(=O)c2ccccc2)c2nc(Br)ccc12. The van der Waals surface area contributed by atoms with Gasteiger partial charge in [0.15, 0.2) is 11.4 Å². The molecule has 0 unspecified atom stereocenters. The Labute approximate surface area is 135 Å². The average molecular weight is 379 g/mol. The molecule has 0 saturated carbocycles. The van der Waals surface area contributed by atoms with Gasteiger partial charge in [0.05, 0.1) is 4.90 Å². The van der Waals surface area contributed by atoms with Crippen LogP contribution in [0.4, 0.5) is 0 Å². The number of carbonyl (C=O) groups is 1. The van der Waals surface area contributed by atoms with Gasteiger partial charge in [-0.05, 0) is 47.1 Å². The molecule has 0 bridgehead atoms. The largest absolute Gasteiger partial charge is 0.294 e. The minimum absolute atomic E-state index is 0.142. The van der Waals surface area contributed by atoms with Gasteiger partial charge in [-0.25, -0.2) is 17.4 Å². The van der Waals surface area contributed by atoms with Crippen LogP contribution in [-0.2, 0) is 10.0 Å². The normalized spacial score (nSPS) is 11.7. The van der Waals surface area contributed by atoms with Gasteiger partial charge in [-0.1, -0.05) is 18.2 Å². The second-order valence-electron chi connectivity index (χ2n) is 4.72. The third-order valence-electron chi connectivity index (χ3n) is 3.27. The van der Waals surface area contributed by atoms with Gasteiger partial charge in [-0.15, -0.1) is 0 Å². The molecule has 3 rings (SSSR count). The standard InChI is InChI=1S/C15H11BrN2O3S/c1-10(19)13-9-18(15-12(13)7-8-14(16)17-15)22(20,21)11-5-3-2-4-6-11/h2-9H,1H3. The number of rotatable bonds is 3. The summed E-state index contributed by atoms with van der Waals surface area (Å²) in [7, 11) is -3.81. The first-order valence-electron chi connectivity index (χ1n) is 6.40. The molecule has 0 aliphatic rings. The van der Waals surface area contributed by atoms with E-state index in [1.165, 1.54) is 25.3 Å². The van der Waals surface area contributed by atoms with Crippen molar-refractivity contribution in [2.45, 2.75) is 11.8 Å². The molecule has 0 fully saturated rings. The number of hydrogen-bond acceptors (Lipinski definition) is 4. The number of fused-ring (bicyclic) bond motifs is 1. The zero-order valence-corrected chi connectivity index (χ0v) is 13.9. The lowest BCUT2D eigenvalue weighted by molar-refractivity contribution is 0.101. The second-order valence-corrected chi connectivity index (χ2v) is 7.35. The Morgan fingerprint density at radius 2 is 1.82 bits per heavy atom. The molecule has 0 amide bonds. The van der Waals surface area contributed by atoms with Gasteiger partial charge in [-0.3, -0.25) is 4.79 Å². The summed E-state index contributed by atoms with van der Waals surface area (Å²) in [5.74, 6) is -0.212. The van der Waals surface area contributed by atoms with Crippen LogP contribution in [0.5, 0.6) is 0 Å². The van der Waals surface area contributed by atoms with Crippen molar-refractivity contribution in [3.05, 3.63) is 58.8 Å². The minimum Gasteiger partial charge on any atom is -0.294 e. The van der Waals surface area contributed by atoms with Crippen LogP contribution in [0.25, 0.3) is 11.0 Å². The van der Waals surface area contributed by atoms with E-state index in [0.717, 1.165) is 3.97 Å². The van der Waals surface area contributed by atoms with Crippen molar-refractivity contribution in [1.82, 2.24) is 8.96 Å². The highest BCUT2D eigenvalue weighted by atomic mass is 79.9. The molecule has 0 atom stereocenters. The van der Waals surface area contributed by atoms with Crippen molar-refractivity contribution in [2.75, 3.05) is 0 Å². The Kier molecular flexibility index (Phi) is 3.62. The summed E-state index contributed by atoms with van der Waals surface area (Å²) in [5.41, 5.74) is 0.554. The first-order chi connectivity index (χ1) is 10.4. The molecule has 3 aromatic rings. The zero-order valence-electron chi connectivity index (χ0n) is 11.5. The Bertz CT molecular complexity index is 979. The molecule has 0 aliphatic carbocycles. The van der Waals surface area contributed by atoms with Crippen LogP contribution in [0, 0.1) is 0 Å². The highest BCUT2D eigenvalue weighted by Crippen LogP contribution is 2.26. The molecule has 112 valence electrons. The zero-order chi connectivity index (χ0) is 15.9. The lowest BCUT2D eigenvalue weighted by atomic mass is 10.2. The summed E-state index contributed by atoms with van der Waals surface area (Å²) in [5, 5.41) is 0.509. The Morgan fingerprint density at radius 1 is 1.14 bits per heavy atom. The molecule has 7 heteroatoms. The first-order valence-corrected chi connectivity index (χ1v) is 8.64. The molecule has 2 aromatic heterocycles. The fraction of sp³-hybridized carbons (Fsp3) is 0.0667. The number of nitrogens with zero attached hydrogens (tertiary/aromatic N) is 2. The molecular formula is C15H11BrN2O3S. The van der Waals surface area contributed by atoms with E-state index in [9.17, 15) is 13.2 Å². The van der Waals surface area contributed by atoms with E-state index in [4.69, 9.17) is 0 Å². The van der Waals surface area contributed by atoms with Crippen molar-refractivity contribution in [3.8, 4) is 0 Å². The number of carbonyl (C=O) groups excluding carboxylic acids is 1. The number of pyridine rings is 1. The molecule has 22 heavy (non-hydrogen) atoms. The molecule has 0 aliphatic heterocycles. The van der Waals surface area contributed by atoms with Crippen LogP contribution in [-0.4, -0.2) is 23.2 Å². The van der Waals surface area contributed by atoms with E-state index in [0.29, 0.717) is 15.6 Å². The van der Waals surface area contributed by atoms with Gasteiger partial charge >= 0.3 is 0 Å². The van der Waals surface area contributed by atoms with Crippen LogP contribution in [0.3, 0.4) is 0 Å². The maximum Gasteiger partial charge on any atom is 0.269 e. The summed E-state index contributed by atoms with van der Waals surface area (Å²) < 4.78 is 27.1. The quantitative estimate of drug-likeness (QED) is 0.518. The summed E-state index contributed by atoms with van der Waals surface area (Å²) in [6.07, 6.45) is 1.33. The van der Waals surface area contributed by atoms with Crippen LogP contribution in [0.2, 0.25) is 0 Å². The molecule has 0 N–H and O–H groups in total. The van der Waals surface area contributed by atoms with Crippen molar-refractivity contribution in [3.63, 3.8) is 0 Å². The third kappa shape index (κ3) is 2.36. The number of halogens is 1.